The minimum absolute atomic E-state index is 0.115. The van der Waals surface area contributed by atoms with E-state index in [0.29, 0.717) is 18.8 Å². The van der Waals surface area contributed by atoms with Crippen LogP contribution in [0.25, 0.3) is 0 Å². The zero-order valence-electron chi connectivity index (χ0n) is 9.14. The predicted molar refractivity (Wildman–Crippen MR) is 63.4 cm³/mol. The van der Waals surface area contributed by atoms with E-state index in [-0.39, 0.29) is 11.4 Å². The van der Waals surface area contributed by atoms with Gasteiger partial charge in [0.05, 0.1) is 12.0 Å². The molecular weight excluding hydrogens is 221 g/mol. The molecule has 2 aromatic rings. The fourth-order valence-electron chi connectivity index (χ4n) is 1.46. The maximum absolute atomic E-state index is 13.3. The minimum Gasteiger partial charge on any atom is -0.381 e. The molecule has 0 aliphatic heterocycles. The van der Waals surface area contributed by atoms with Gasteiger partial charge in [0.15, 0.2) is 0 Å². The summed E-state index contributed by atoms with van der Waals surface area (Å²) in [6.45, 7) is 0.910. The van der Waals surface area contributed by atoms with Crippen LogP contribution in [0.5, 0.6) is 0 Å². The van der Waals surface area contributed by atoms with E-state index in [1.54, 1.807) is 18.2 Å². The molecule has 17 heavy (non-hydrogen) atoms. The summed E-state index contributed by atoms with van der Waals surface area (Å²) in [6, 6.07) is 7.82. The van der Waals surface area contributed by atoms with Crippen molar-refractivity contribution in [1.82, 2.24) is 9.55 Å². The number of para-hydroxylation sites is 1. The van der Waals surface area contributed by atoms with E-state index < -0.39 is 0 Å². The van der Waals surface area contributed by atoms with Crippen LogP contribution in [0.1, 0.15) is 0 Å². The Morgan fingerprint density at radius 2 is 2.12 bits per heavy atom. The average Bonchev–Trinajstić information content (AvgIpc) is 2.34. The molecule has 0 spiro atoms. The lowest BCUT2D eigenvalue weighted by Crippen LogP contribution is -2.22. The first-order chi connectivity index (χ1) is 8.27. The third kappa shape index (κ3) is 2.90. The molecule has 1 heterocycles. The molecule has 4 nitrogen and oxygen atoms in total. The quantitative estimate of drug-likeness (QED) is 0.870. The van der Waals surface area contributed by atoms with Gasteiger partial charge in [0.25, 0.3) is 5.56 Å². The molecule has 0 bridgehead atoms. The largest absolute Gasteiger partial charge is 0.381 e. The monoisotopic (exact) mass is 233 g/mol. The van der Waals surface area contributed by atoms with Gasteiger partial charge in [-0.3, -0.25) is 9.36 Å². The van der Waals surface area contributed by atoms with Crippen LogP contribution in [0.15, 0.2) is 47.7 Å². The molecule has 0 aliphatic rings. The summed E-state index contributed by atoms with van der Waals surface area (Å²) in [5, 5.41) is 2.93. The van der Waals surface area contributed by atoms with Crippen LogP contribution in [0.2, 0.25) is 0 Å². The second kappa shape index (κ2) is 5.25. The second-order valence-corrected chi connectivity index (χ2v) is 3.52. The molecule has 0 fully saturated rings. The predicted octanol–water partition coefficient (Wildman–Crippen LogP) is 1.49. The van der Waals surface area contributed by atoms with E-state index >= 15 is 0 Å². The molecule has 1 aromatic heterocycles. The lowest BCUT2D eigenvalue weighted by Gasteiger charge is -2.08. The standard InChI is InChI=1S/C12H12FN3O/c13-10-3-1-2-4-11(10)15-7-8-16-9-14-6-5-12(16)17/h1-6,9,15H,7-8H2. The van der Waals surface area contributed by atoms with Gasteiger partial charge >= 0.3 is 0 Å². The SMILES string of the molecule is O=c1ccncn1CCNc1ccccc1F. The number of benzene rings is 1. The third-order valence-electron chi connectivity index (χ3n) is 2.33. The van der Waals surface area contributed by atoms with E-state index in [1.807, 2.05) is 0 Å². The topological polar surface area (TPSA) is 46.9 Å². The number of halogens is 1. The fourth-order valence-corrected chi connectivity index (χ4v) is 1.46. The molecule has 5 heteroatoms. The Hall–Kier alpha value is -2.17. The van der Waals surface area contributed by atoms with Gasteiger partial charge in [-0.15, -0.1) is 0 Å². The van der Waals surface area contributed by atoms with Gasteiger partial charge in [-0.1, -0.05) is 12.1 Å². The molecule has 1 N–H and O–H groups in total. The maximum Gasteiger partial charge on any atom is 0.253 e. The van der Waals surface area contributed by atoms with Crippen LogP contribution < -0.4 is 10.9 Å². The van der Waals surface area contributed by atoms with Crippen LogP contribution in [0.4, 0.5) is 10.1 Å². The van der Waals surface area contributed by atoms with E-state index in [9.17, 15) is 9.18 Å². The highest BCUT2D eigenvalue weighted by Crippen LogP contribution is 2.11. The van der Waals surface area contributed by atoms with Crippen molar-refractivity contribution in [2.45, 2.75) is 6.54 Å². The highest BCUT2D eigenvalue weighted by molar-refractivity contribution is 5.44. The van der Waals surface area contributed by atoms with Crippen molar-refractivity contribution in [3.8, 4) is 0 Å². The number of rotatable bonds is 4. The Balaban J connectivity index is 1.95. The van der Waals surface area contributed by atoms with Crippen molar-refractivity contribution in [2.24, 2.45) is 0 Å². The van der Waals surface area contributed by atoms with E-state index in [2.05, 4.69) is 10.3 Å². The summed E-state index contributed by atoms with van der Waals surface area (Å²) in [4.78, 5) is 15.2. The van der Waals surface area contributed by atoms with Gasteiger partial charge in [0.1, 0.15) is 5.82 Å². The molecule has 0 atom stereocenters. The van der Waals surface area contributed by atoms with E-state index in [1.165, 1.54) is 29.2 Å². The Bertz CT molecular complexity index is 553. The second-order valence-electron chi connectivity index (χ2n) is 3.52. The summed E-state index contributed by atoms with van der Waals surface area (Å²) in [7, 11) is 0. The van der Waals surface area contributed by atoms with E-state index in [4.69, 9.17) is 0 Å². The Morgan fingerprint density at radius 3 is 2.88 bits per heavy atom. The van der Waals surface area contributed by atoms with Gasteiger partial charge in [0, 0.05) is 25.4 Å². The third-order valence-corrected chi connectivity index (χ3v) is 2.33. The van der Waals surface area contributed by atoms with Crippen LogP contribution in [0, 0.1) is 5.82 Å². The molecule has 0 unspecified atom stereocenters. The molecule has 1 aromatic carbocycles. The summed E-state index contributed by atoms with van der Waals surface area (Å²) in [5.41, 5.74) is 0.319. The van der Waals surface area contributed by atoms with Gasteiger partial charge in [0.2, 0.25) is 0 Å². The Labute approximate surface area is 97.7 Å². The lowest BCUT2D eigenvalue weighted by atomic mass is 10.3. The van der Waals surface area contributed by atoms with Crippen molar-refractivity contribution >= 4 is 5.69 Å². The van der Waals surface area contributed by atoms with Gasteiger partial charge in [-0.2, -0.15) is 0 Å². The number of nitrogens with zero attached hydrogens (tertiary/aromatic N) is 2. The Morgan fingerprint density at radius 1 is 1.29 bits per heavy atom. The molecule has 2 rings (SSSR count). The zero-order chi connectivity index (χ0) is 12.1. The molecular formula is C12H12FN3O. The number of aromatic nitrogens is 2. The maximum atomic E-state index is 13.3. The average molecular weight is 233 g/mol. The normalized spacial score (nSPS) is 10.2. The molecule has 0 amide bonds. The van der Waals surface area contributed by atoms with Gasteiger partial charge < -0.3 is 5.32 Å². The number of anilines is 1. The van der Waals surface area contributed by atoms with Crippen LogP contribution in [0.3, 0.4) is 0 Å². The van der Waals surface area contributed by atoms with Crippen molar-refractivity contribution in [1.29, 1.82) is 0 Å². The smallest absolute Gasteiger partial charge is 0.253 e. The lowest BCUT2D eigenvalue weighted by molar-refractivity contribution is 0.626. The number of hydrogen-bond donors (Lipinski definition) is 1. The molecule has 0 saturated heterocycles. The van der Waals surface area contributed by atoms with Crippen molar-refractivity contribution in [3.63, 3.8) is 0 Å². The molecule has 0 saturated carbocycles. The fraction of sp³-hybridized carbons (Fsp3) is 0.167. The highest BCUT2D eigenvalue weighted by atomic mass is 19.1. The number of nitrogens with one attached hydrogen (secondary N) is 1. The van der Waals surface area contributed by atoms with Crippen LogP contribution >= 0.6 is 0 Å². The molecule has 0 radical (unpaired) electrons. The van der Waals surface area contributed by atoms with Gasteiger partial charge in [-0.05, 0) is 12.1 Å². The van der Waals surface area contributed by atoms with Crippen molar-refractivity contribution in [3.05, 3.63) is 59.0 Å². The molecule has 88 valence electrons. The Kier molecular flexibility index (Phi) is 3.49. The van der Waals surface area contributed by atoms with Gasteiger partial charge in [-0.25, -0.2) is 9.37 Å². The first kappa shape index (κ1) is 11.3. The first-order valence-electron chi connectivity index (χ1n) is 5.26. The van der Waals surface area contributed by atoms with Crippen molar-refractivity contribution in [2.75, 3.05) is 11.9 Å². The highest BCUT2D eigenvalue weighted by Gasteiger charge is 1.99. The first-order valence-corrected chi connectivity index (χ1v) is 5.26. The van der Waals surface area contributed by atoms with Crippen LogP contribution in [-0.4, -0.2) is 16.1 Å². The van der Waals surface area contributed by atoms with Crippen LogP contribution in [-0.2, 0) is 6.54 Å². The number of hydrogen-bond acceptors (Lipinski definition) is 3. The summed E-state index contributed by atoms with van der Waals surface area (Å²) < 4.78 is 14.7. The summed E-state index contributed by atoms with van der Waals surface area (Å²) >= 11 is 0. The summed E-state index contributed by atoms with van der Waals surface area (Å²) in [6.07, 6.45) is 2.91. The molecule has 0 aliphatic carbocycles. The summed E-state index contributed by atoms with van der Waals surface area (Å²) in [5.74, 6) is -0.300. The van der Waals surface area contributed by atoms with Crippen molar-refractivity contribution < 1.29 is 4.39 Å². The zero-order valence-corrected chi connectivity index (χ0v) is 9.14. The minimum atomic E-state index is -0.300. The van der Waals surface area contributed by atoms with E-state index in [0.717, 1.165) is 0 Å².